The van der Waals surface area contributed by atoms with Crippen LogP contribution >= 0.6 is 34.1 Å². The third kappa shape index (κ3) is 16.3. The Labute approximate surface area is 399 Å². The van der Waals surface area contributed by atoms with Crippen LogP contribution in [0.15, 0.2) is 241 Å². The molecule has 0 spiro atoms. The fourth-order valence-corrected chi connectivity index (χ4v) is 45.9. The molecule has 0 heterocycles. The molecule has 0 aromatic heterocycles. The average Bonchev–Trinajstić information content (AvgIpc) is 3.32. The minimum absolute atomic E-state index is 0.435. The number of allylic oxidation sites excluding steroid dienone is 8. The number of carbonyl (C=O) groups is 4. The van der Waals surface area contributed by atoms with Crippen molar-refractivity contribution in [1.82, 2.24) is 0 Å². The van der Waals surface area contributed by atoms with Crippen LogP contribution in [0.2, 0.25) is 0 Å². The second kappa shape index (κ2) is 27.4. The normalized spacial score (nSPS) is 11.3. The van der Waals surface area contributed by atoms with E-state index in [1.165, 1.54) is 55.9 Å². The summed E-state index contributed by atoms with van der Waals surface area (Å²) in [7, 11) is 7.32. The summed E-state index contributed by atoms with van der Waals surface area (Å²) >= 11 is -5.61. The van der Waals surface area contributed by atoms with E-state index in [1.54, 1.807) is 72.8 Å². The van der Waals surface area contributed by atoms with E-state index >= 15 is 0 Å². The zero-order valence-corrected chi connectivity index (χ0v) is 44.3. The monoisotopic (exact) mass is 1310 g/mol. The number of benzene rings is 5. The average molecular weight is 1320 g/mol. The summed E-state index contributed by atoms with van der Waals surface area (Å²) in [4.78, 5) is 54.4. The molecule has 322 valence electrons. The number of rotatable bonds is 22. The molecule has 5 aromatic rings. The molecule has 0 unspecified atom stereocenters. The molecule has 0 amide bonds. The van der Waals surface area contributed by atoms with E-state index in [4.69, 9.17) is 18.9 Å². The Morgan fingerprint density at radius 2 is 0.547 bits per heavy atom. The number of hydrogen-bond donors (Lipinski definition) is 0. The van der Waals surface area contributed by atoms with Gasteiger partial charge in [0.2, 0.25) is 0 Å². The fraction of sp³-hybridized carbons (Fsp3) is 0. The molecular weight excluding hydrogens is 1270 g/mol. The molecule has 0 aliphatic rings. The Hall–Kier alpha value is -4.93. The topological polar surface area (TPSA) is 105 Å². The van der Waals surface area contributed by atoms with Crippen molar-refractivity contribution in [1.29, 1.82) is 0 Å². The van der Waals surface area contributed by atoms with Gasteiger partial charge in [-0.15, -0.1) is 0 Å². The van der Waals surface area contributed by atoms with E-state index in [0.29, 0.717) is 22.3 Å². The SMILES string of the molecule is C=CC=COC(=O)c1ccc([S][Bi]([S]c2ccc(C(=O)OC=CC=C)cc2)[c]2cc[c]([Bi]([S]c3ccc(C(=O)OC=CC=C)cc3)[S]c3ccc(C(=O)OC=CC=C)cc3)cc2)cc1. The van der Waals surface area contributed by atoms with Crippen LogP contribution < -0.4 is 6.54 Å². The Kier molecular flexibility index (Phi) is 21.4. The van der Waals surface area contributed by atoms with E-state index in [2.05, 4.69) is 50.6 Å². The van der Waals surface area contributed by atoms with Gasteiger partial charge < -0.3 is 0 Å². The quantitative estimate of drug-likeness (QED) is 0.0217. The van der Waals surface area contributed by atoms with Gasteiger partial charge in [-0.05, 0) is 0 Å². The first-order chi connectivity index (χ1) is 31.2. The first kappa shape index (κ1) is 50.1. The van der Waals surface area contributed by atoms with Crippen LogP contribution in [0.5, 0.6) is 0 Å². The van der Waals surface area contributed by atoms with Crippen molar-refractivity contribution < 1.29 is 38.1 Å². The molecular formula is C50H40Bi2O8S4. The zero-order valence-electron chi connectivity index (χ0n) is 34.1. The summed E-state index contributed by atoms with van der Waals surface area (Å²) in [5, 5.41) is 0. The first-order valence-electron chi connectivity index (χ1n) is 19.0. The predicted molar refractivity (Wildman–Crippen MR) is 265 cm³/mol. The number of hydrogen-bond acceptors (Lipinski definition) is 12. The second-order valence-electron chi connectivity index (χ2n) is 12.4. The molecule has 0 saturated heterocycles. The maximum absolute atomic E-state index is 12.6. The molecule has 64 heavy (non-hydrogen) atoms. The minimum atomic E-state index is -2.81. The molecule has 0 radical (unpaired) electrons. The first-order valence-corrected chi connectivity index (χ1v) is 42.6. The summed E-state index contributed by atoms with van der Waals surface area (Å²) in [5.74, 6) is -1.84. The molecule has 0 saturated carbocycles. The van der Waals surface area contributed by atoms with Gasteiger partial charge in [0.25, 0.3) is 0 Å². The van der Waals surface area contributed by atoms with Crippen molar-refractivity contribution in [2.45, 2.75) is 19.6 Å². The molecule has 0 atom stereocenters. The molecule has 0 fully saturated rings. The van der Waals surface area contributed by atoms with E-state index in [1.807, 2.05) is 82.6 Å². The van der Waals surface area contributed by atoms with Crippen molar-refractivity contribution >= 4 is 102 Å². The van der Waals surface area contributed by atoms with E-state index in [0.717, 1.165) is 19.6 Å². The van der Waals surface area contributed by atoms with Crippen LogP contribution in [0, 0.1) is 0 Å². The second-order valence-corrected chi connectivity index (χ2v) is 48.4. The van der Waals surface area contributed by atoms with E-state index < -0.39 is 61.5 Å². The van der Waals surface area contributed by atoms with E-state index in [-0.39, 0.29) is 0 Å². The molecule has 5 aromatic carbocycles. The predicted octanol–water partition coefficient (Wildman–Crippen LogP) is 11.7. The number of carbonyl (C=O) groups excluding carboxylic acids is 4. The zero-order chi connectivity index (χ0) is 45.5. The summed E-state index contributed by atoms with van der Waals surface area (Å²) < 4.78 is 23.2. The standard InChI is InChI=1S/4C11H10O2S.C6H4.2Bi/c4*1-2-3-8-13-11(12)9-4-6-10(14)7-5-9;1-2-4-6-5-3-1;;/h4*2-8,14H,1H2;1-2,5-6H;;/q;;;;;2*+2/p-4. The van der Waals surface area contributed by atoms with Crippen LogP contribution in [0.4, 0.5) is 0 Å². The summed E-state index contributed by atoms with van der Waals surface area (Å²) in [6, 6.07) is 38.6. The van der Waals surface area contributed by atoms with Crippen molar-refractivity contribution in [3.8, 4) is 0 Å². The summed E-state index contributed by atoms with van der Waals surface area (Å²) in [6.45, 7) is 14.4. The van der Waals surface area contributed by atoms with Gasteiger partial charge in [-0.25, -0.2) is 0 Å². The van der Waals surface area contributed by atoms with Crippen molar-refractivity contribution in [3.05, 3.63) is 244 Å². The Bertz CT molecular complexity index is 2200. The molecule has 0 bridgehead atoms. The Morgan fingerprint density at radius 1 is 0.344 bits per heavy atom. The molecule has 5 rings (SSSR count). The van der Waals surface area contributed by atoms with Gasteiger partial charge in [0, 0.05) is 0 Å². The number of ether oxygens (including phenoxy) is 4. The molecule has 0 aliphatic heterocycles. The maximum atomic E-state index is 12.6. The van der Waals surface area contributed by atoms with Crippen LogP contribution in [0.3, 0.4) is 0 Å². The molecule has 14 heteroatoms. The third-order valence-corrected chi connectivity index (χ3v) is 49.0. The van der Waals surface area contributed by atoms with Gasteiger partial charge >= 0.3 is 403 Å². The van der Waals surface area contributed by atoms with Gasteiger partial charge in [-0.1, -0.05) is 0 Å². The van der Waals surface area contributed by atoms with E-state index in [9.17, 15) is 19.2 Å². The van der Waals surface area contributed by atoms with Gasteiger partial charge in [0.05, 0.1) is 0 Å². The van der Waals surface area contributed by atoms with Crippen molar-refractivity contribution in [2.24, 2.45) is 0 Å². The third-order valence-electron chi connectivity index (χ3n) is 7.94. The number of esters is 4. The van der Waals surface area contributed by atoms with Gasteiger partial charge in [0.1, 0.15) is 0 Å². The Morgan fingerprint density at radius 3 is 0.734 bits per heavy atom. The van der Waals surface area contributed by atoms with Crippen LogP contribution in [-0.4, -0.2) is 61.5 Å². The summed E-state index contributed by atoms with van der Waals surface area (Å²) in [6.07, 6.45) is 17.5. The van der Waals surface area contributed by atoms with Gasteiger partial charge in [0.15, 0.2) is 0 Å². The fourth-order valence-electron chi connectivity index (χ4n) is 4.83. The van der Waals surface area contributed by atoms with Gasteiger partial charge in [-0.2, -0.15) is 0 Å². The Balaban J connectivity index is 1.43. The molecule has 0 aliphatic carbocycles. The van der Waals surface area contributed by atoms with Crippen LogP contribution in [-0.2, 0) is 18.9 Å². The van der Waals surface area contributed by atoms with Crippen molar-refractivity contribution in [2.75, 3.05) is 0 Å². The molecule has 0 N–H and O–H groups in total. The van der Waals surface area contributed by atoms with Gasteiger partial charge in [-0.3, -0.25) is 0 Å². The van der Waals surface area contributed by atoms with Crippen LogP contribution in [0.25, 0.3) is 0 Å². The summed E-state index contributed by atoms with van der Waals surface area (Å²) in [5.41, 5.74) is 1.74. The van der Waals surface area contributed by atoms with Crippen LogP contribution in [0.1, 0.15) is 41.4 Å². The van der Waals surface area contributed by atoms with Crippen molar-refractivity contribution in [3.63, 3.8) is 0 Å². The molecule has 8 nitrogen and oxygen atoms in total.